The fraction of sp³-hybridized carbons (Fsp3) is 0.385. The van der Waals surface area contributed by atoms with Crippen LogP contribution in [-0.4, -0.2) is 21.6 Å². The average molecular weight is 232 g/mol. The van der Waals surface area contributed by atoms with Gasteiger partial charge in [0, 0.05) is 18.6 Å². The molecule has 2 heterocycles. The standard InChI is InChI=1S/C13H16N2O2/c1-13(2,3)17-12(16)15-7-5-10-4-6-14-8-11(10)9-15/h4-8H,9H2,1-3H3. The Hall–Kier alpha value is -1.84. The van der Waals surface area contributed by atoms with Crippen molar-refractivity contribution in [3.63, 3.8) is 0 Å². The van der Waals surface area contributed by atoms with E-state index in [2.05, 4.69) is 4.98 Å². The highest BCUT2D eigenvalue weighted by molar-refractivity contribution is 5.72. The zero-order chi connectivity index (χ0) is 12.5. The molecule has 0 saturated carbocycles. The fourth-order valence-corrected chi connectivity index (χ4v) is 1.59. The highest BCUT2D eigenvalue weighted by atomic mass is 16.6. The number of amides is 1. The summed E-state index contributed by atoms with van der Waals surface area (Å²) in [6, 6.07) is 1.93. The van der Waals surface area contributed by atoms with Crippen molar-refractivity contribution in [3.8, 4) is 0 Å². The maximum Gasteiger partial charge on any atom is 0.414 e. The summed E-state index contributed by atoms with van der Waals surface area (Å²) in [6.07, 6.45) is 6.83. The first kappa shape index (κ1) is 11.6. The highest BCUT2D eigenvalue weighted by Gasteiger charge is 2.23. The SMILES string of the molecule is CC(C)(C)OC(=O)N1C=Cc2ccncc2C1. The van der Waals surface area contributed by atoms with Crippen LogP contribution in [0.5, 0.6) is 0 Å². The molecule has 0 saturated heterocycles. The van der Waals surface area contributed by atoms with Crippen LogP contribution in [0, 0.1) is 0 Å². The number of rotatable bonds is 0. The number of hydrogen-bond donors (Lipinski definition) is 0. The summed E-state index contributed by atoms with van der Waals surface area (Å²) in [7, 11) is 0. The van der Waals surface area contributed by atoms with Crippen LogP contribution in [0.1, 0.15) is 31.9 Å². The van der Waals surface area contributed by atoms with Crippen molar-refractivity contribution in [2.75, 3.05) is 0 Å². The third kappa shape index (κ3) is 2.84. The van der Waals surface area contributed by atoms with E-state index in [0.717, 1.165) is 11.1 Å². The molecule has 0 unspecified atom stereocenters. The van der Waals surface area contributed by atoms with Crippen LogP contribution in [0.2, 0.25) is 0 Å². The Morgan fingerprint density at radius 2 is 2.24 bits per heavy atom. The normalized spacial score (nSPS) is 14.4. The molecule has 2 rings (SSSR count). The minimum Gasteiger partial charge on any atom is -0.443 e. The molecule has 90 valence electrons. The highest BCUT2D eigenvalue weighted by Crippen LogP contribution is 2.20. The smallest absolute Gasteiger partial charge is 0.414 e. The number of carbonyl (C=O) groups is 1. The molecule has 0 N–H and O–H groups in total. The molecular formula is C13H16N2O2. The first-order valence-electron chi connectivity index (χ1n) is 5.56. The van der Waals surface area contributed by atoms with Crippen molar-refractivity contribution in [1.82, 2.24) is 9.88 Å². The third-order valence-electron chi connectivity index (χ3n) is 2.34. The van der Waals surface area contributed by atoms with Crippen LogP contribution >= 0.6 is 0 Å². The second kappa shape index (κ2) is 4.20. The van der Waals surface area contributed by atoms with Gasteiger partial charge in [-0.1, -0.05) is 0 Å². The predicted octanol–water partition coefficient (Wildman–Crippen LogP) is 2.80. The second-order valence-electron chi connectivity index (χ2n) is 5.00. The molecule has 0 aliphatic carbocycles. The molecule has 0 fully saturated rings. The minimum absolute atomic E-state index is 0.330. The first-order chi connectivity index (χ1) is 7.96. The van der Waals surface area contributed by atoms with E-state index in [-0.39, 0.29) is 6.09 Å². The Balaban J connectivity index is 2.11. The van der Waals surface area contributed by atoms with Gasteiger partial charge in [-0.15, -0.1) is 0 Å². The maximum absolute atomic E-state index is 11.9. The van der Waals surface area contributed by atoms with Crippen molar-refractivity contribution in [1.29, 1.82) is 0 Å². The number of fused-ring (bicyclic) bond motifs is 1. The van der Waals surface area contributed by atoms with Gasteiger partial charge in [0.2, 0.25) is 0 Å². The van der Waals surface area contributed by atoms with Crippen molar-refractivity contribution in [2.45, 2.75) is 32.9 Å². The molecule has 4 nitrogen and oxygen atoms in total. The van der Waals surface area contributed by atoms with E-state index in [9.17, 15) is 4.79 Å². The lowest BCUT2D eigenvalue weighted by atomic mass is 10.1. The maximum atomic E-state index is 11.9. The summed E-state index contributed by atoms with van der Waals surface area (Å²) in [5.41, 5.74) is 1.65. The number of nitrogens with zero attached hydrogens (tertiary/aromatic N) is 2. The van der Waals surface area contributed by atoms with Crippen LogP contribution in [-0.2, 0) is 11.3 Å². The van der Waals surface area contributed by atoms with Gasteiger partial charge in [-0.05, 0) is 44.0 Å². The molecule has 1 amide bonds. The van der Waals surface area contributed by atoms with E-state index in [4.69, 9.17) is 4.74 Å². The Morgan fingerprint density at radius 1 is 1.47 bits per heavy atom. The van der Waals surface area contributed by atoms with Gasteiger partial charge in [0.25, 0.3) is 0 Å². The molecule has 1 aromatic rings. The Morgan fingerprint density at radius 3 is 2.94 bits per heavy atom. The summed E-state index contributed by atoms with van der Waals surface area (Å²) < 4.78 is 5.31. The van der Waals surface area contributed by atoms with Crippen LogP contribution < -0.4 is 0 Å². The van der Waals surface area contributed by atoms with Gasteiger partial charge in [0.1, 0.15) is 5.60 Å². The fourth-order valence-electron chi connectivity index (χ4n) is 1.59. The molecule has 0 spiro atoms. The lowest BCUT2D eigenvalue weighted by molar-refractivity contribution is 0.0322. The van der Waals surface area contributed by atoms with Crippen LogP contribution in [0.3, 0.4) is 0 Å². The largest absolute Gasteiger partial charge is 0.443 e. The van der Waals surface area contributed by atoms with Crippen molar-refractivity contribution < 1.29 is 9.53 Å². The number of aromatic nitrogens is 1. The summed E-state index contributed by atoms with van der Waals surface area (Å²) in [6.45, 7) is 6.07. The molecular weight excluding hydrogens is 216 g/mol. The topological polar surface area (TPSA) is 42.4 Å². The molecule has 0 aromatic carbocycles. The minimum atomic E-state index is -0.472. The molecule has 0 radical (unpaired) electrons. The number of carbonyl (C=O) groups excluding carboxylic acids is 1. The average Bonchev–Trinajstić information content (AvgIpc) is 2.26. The lowest BCUT2D eigenvalue weighted by Gasteiger charge is -2.27. The van der Waals surface area contributed by atoms with Crippen LogP contribution in [0.25, 0.3) is 6.08 Å². The van der Waals surface area contributed by atoms with Gasteiger partial charge in [-0.2, -0.15) is 0 Å². The zero-order valence-corrected chi connectivity index (χ0v) is 10.3. The molecule has 1 aliphatic heterocycles. The summed E-state index contributed by atoms with van der Waals surface area (Å²) in [4.78, 5) is 17.5. The number of ether oxygens (including phenoxy) is 1. The van der Waals surface area contributed by atoms with E-state index in [0.29, 0.717) is 6.54 Å². The van der Waals surface area contributed by atoms with Gasteiger partial charge < -0.3 is 4.74 Å². The third-order valence-corrected chi connectivity index (χ3v) is 2.34. The number of pyridine rings is 1. The van der Waals surface area contributed by atoms with Gasteiger partial charge in [0.05, 0.1) is 6.54 Å². The molecule has 0 bridgehead atoms. The molecule has 1 aliphatic rings. The molecule has 4 heteroatoms. The van der Waals surface area contributed by atoms with E-state index < -0.39 is 5.60 Å². The first-order valence-corrected chi connectivity index (χ1v) is 5.56. The second-order valence-corrected chi connectivity index (χ2v) is 5.00. The monoisotopic (exact) mass is 232 g/mol. The summed E-state index contributed by atoms with van der Waals surface area (Å²) >= 11 is 0. The van der Waals surface area contributed by atoms with E-state index in [1.54, 1.807) is 23.5 Å². The van der Waals surface area contributed by atoms with Crippen LogP contribution in [0.15, 0.2) is 24.7 Å². The Labute approximate surface area is 101 Å². The van der Waals surface area contributed by atoms with Crippen molar-refractivity contribution in [2.24, 2.45) is 0 Å². The predicted molar refractivity (Wildman–Crippen MR) is 65.0 cm³/mol. The quantitative estimate of drug-likeness (QED) is 0.690. The van der Waals surface area contributed by atoms with Crippen molar-refractivity contribution >= 4 is 12.2 Å². The summed E-state index contributed by atoms with van der Waals surface area (Å²) in [5, 5.41) is 0. The van der Waals surface area contributed by atoms with Crippen molar-refractivity contribution in [3.05, 3.63) is 35.8 Å². The van der Waals surface area contributed by atoms with Gasteiger partial charge >= 0.3 is 6.09 Å². The molecule has 0 atom stereocenters. The van der Waals surface area contributed by atoms with Gasteiger partial charge in [-0.25, -0.2) is 4.79 Å². The Kier molecular flexibility index (Phi) is 2.88. The summed E-state index contributed by atoms with van der Waals surface area (Å²) in [5.74, 6) is 0. The van der Waals surface area contributed by atoms with E-state index in [1.807, 2.05) is 32.9 Å². The van der Waals surface area contributed by atoms with E-state index in [1.165, 1.54) is 0 Å². The van der Waals surface area contributed by atoms with Gasteiger partial charge in [0.15, 0.2) is 0 Å². The molecule has 1 aromatic heterocycles. The molecule has 17 heavy (non-hydrogen) atoms. The number of hydrogen-bond acceptors (Lipinski definition) is 3. The van der Waals surface area contributed by atoms with Crippen LogP contribution in [0.4, 0.5) is 4.79 Å². The Bertz CT molecular complexity index is 461. The lowest BCUT2D eigenvalue weighted by Crippen LogP contribution is -2.34. The van der Waals surface area contributed by atoms with Gasteiger partial charge in [-0.3, -0.25) is 9.88 Å². The zero-order valence-electron chi connectivity index (χ0n) is 10.3. The van der Waals surface area contributed by atoms with E-state index >= 15 is 0 Å².